The van der Waals surface area contributed by atoms with E-state index in [2.05, 4.69) is 28.9 Å². The average molecular weight is 507 g/mol. The van der Waals surface area contributed by atoms with Crippen molar-refractivity contribution in [2.24, 2.45) is 15.7 Å². The molecule has 2 unspecified atom stereocenters. The molecule has 3 aromatic rings. The number of rotatable bonds is 8. The number of fused-ring (bicyclic) bond motifs is 1. The van der Waals surface area contributed by atoms with E-state index in [9.17, 15) is 0 Å². The fourth-order valence-corrected chi connectivity index (χ4v) is 6.18. The van der Waals surface area contributed by atoms with Gasteiger partial charge in [-0.2, -0.15) is 5.10 Å². The van der Waals surface area contributed by atoms with Crippen molar-refractivity contribution in [3.63, 3.8) is 0 Å². The zero-order valence-electron chi connectivity index (χ0n) is 20.6. The van der Waals surface area contributed by atoms with E-state index in [1.807, 2.05) is 48.0 Å². The summed E-state index contributed by atoms with van der Waals surface area (Å²) >= 11 is 1.60. The van der Waals surface area contributed by atoms with E-state index in [4.69, 9.17) is 30.7 Å². The number of aliphatic imine (C=N–C) groups is 2. The molecule has 188 valence electrons. The van der Waals surface area contributed by atoms with Gasteiger partial charge in [0.25, 0.3) is 6.34 Å². The number of benzene rings is 1. The number of thioether (sulfide) groups is 1. The first kappa shape index (κ1) is 24.5. The summed E-state index contributed by atoms with van der Waals surface area (Å²) in [4.78, 5) is 11.8. The van der Waals surface area contributed by atoms with Crippen LogP contribution in [-0.2, 0) is 10.3 Å². The molecule has 36 heavy (non-hydrogen) atoms. The van der Waals surface area contributed by atoms with Gasteiger partial charge in [-0.3, -0.25) is 15.3 Å². The molecule has 2 aliphatic rings. The summed E-state index contributed by atoms with van der Waals surface area (Å²) in [6, 6.07) is 14.2. The molecule has 1 saturated heterocycles. The summed E-state index contributed by atoms with van der Waals surface area (Å²) in [7, 11) is 0. The van der Waals surface area contributed by atoms with E-state index < -0.39 is 5.54 Å². The molecule has 0 amide bonds. The minimum atomic E-state index is -0.606. The van der Waals surface area contributed by atoms with Crippen molar-refractivity contribution in [1.82, 2.24) is 14.5 Å². The molecule has 0 radical (unpaired) electrons. The minimum absolute atomic E-state index is 0.211. The van der Waals surface area contributed by atoms with Gasteiger partial charge in [-0.25, -0.2) is 4.52 Å². The van der Waals surface area contributed by atoms with Crippen molar-refractivity contribution in [3.8, 4) is 5.75 Å². The van der Waals surface area contributed by atoms with E-state index in [0.29, 0.717) is 12.4 Å². The molecule has 10 heteroatoms. The van der Waals surface area contributed by atoms with Crippen molar-refractivity contribution in [3.05, 3.63) is 65.5 Å². The molecular formula is C26H32N7O2S+. The second kappa shape index (κ2) is 10.4. The highest BCUT2D eigenvalue weighted by molar-refractivity contribution is 8.15. The highest BCUT2D eigenvalue weighted by atomic mass is 32.2. The lowest BCUT2D eigenvalue weighted by molar-refractivity contribution is -0.106. The first-order valence-corrected chi connectivity index (χ1v) is 13.0. The molecule has 4 N–H and O–H groups in total. The third-order valence-corrected chi connectivity index (χ3v) is 8.15. The van der Waals surface area contributed by atoms with Crippen molar-refractivity contribution in [1.29, 1.82) is 0 Å². The van der Waals surface area contributed by atoms with E-state index in [1.54, 1.807) is 11.8 Å². The van der Waals surface area contributed by atoms with Crippen LogP contribution in [0.4, 0.5) is 0 Å². The van der Waals surface area contributed by atoms with Crippen LogP contribution in [-0.4, -0.2) is 76.4 Å². The van der Waals surface area contributed by atoms with E-state index in [-0.39, 0.29) is 5.25 Å². The third kappa shape index (κ3) is 4.76. The summed E-state index contributed by atoms with van der Waals surface area (Å²) in [6.45, 7) is 9.04. The quantitative estimate of drug-likeness (QED) is 0.351. The molecule has 2 aliphatic heterocycles. The molecule has 1 aromatic carbocycles. The van der Waals surface area contributed by atoms with Gasteiger partial charge in [-0.15, -0.1) is 0 Å². The van der Waals surface area contributed by atoms with Gasteiger partial charge < -0.3 is 15.2 Å². The van der Waals surface area contributed by atoms with Gasteiger partial charge in [0, 0.05) is 31.9 Å². The van der Waals surface area contributed by atoms with Crippen LogP contribution in [0.15, 0.2) is 58.6 Å². The second-order valence-corrected chi connectivity index (χ2v) is 10.2. The van der Waals surface area contributed by atoms with Gasteiger partial charge in [0.1, 0.15) is 28.2 Å². The normalized spacial score (nSPS) is 23.1. The summed E-state index contributed by atoms with van der Waals surface area (Å²) in [6.07, 6.45) is 3.17. The predicted molar refractivity (Wildman–Crippen MR) is 144 cm³/mol. The second-order valence-electron chi connectivity index (χ2n) is 9.09. The molecule has 2 aromatic heterocycles. The SMILES string of the molecule is Cc1nn2ccc(OCCN3CCOCC3)cc2c1C1=NC(C)(c2ccccc2)C(C(N)=NC=[NH2+])S1. The van der Waals surface area contributed by atoms with E-state index in [1.165, 1.54) is 6.34 Å². The summed E-state index contributed by atoms with van der Waals surface area (Å²) in [5.41, 5.74) is 9.67. The van der Waals surface area contributed by atoms with E-state index >= 15 is 0 Å². The zero-order chi connectivity index (χ0) is 25.1. The number of morpholine rings is 1. The third-order valence-electron chi connectivity index (χ3n) is 6.70. The van der Waals surface area contributed by atoms with E-state index in [0.717, 1.165) is 66.0 Å². The number of aryl methyl sites for hydroxylation is 1. The maximum atomic E-state index is 6.40. The predicted octanol–water partition coefficient (Wildman–Crippen LogP) is 1.28. The van der Waals surface area contributed by atoms with Crippen LogP contribution in [0.3, 0.4) is 0 Å². The Balaban J connectivity index is 1.46. The van der Waals surface area contributed by atoms with Crippen LogP contribution in [0.1, 0.15) is 23.7 Å². The molecular weight excluding hydrogens is 474 g/mol. The van der Waals surface area contributed by atoms with Crippen molar-refractivity contribution in [2.75, 3.05) is 39.5 Å². The Kier molecular flexibility index (Phi) is 7.08. The van der Waals surface area contributed by atoms with Crippen molar-refractivity contribution in [2.45, 2.75) is 24.6 Å². The number of hydrogen-bond donors (Lipinski definition) is 2. The van der Waals surface area contributed by atoms with Gasteiger partial charge in [0.2, 0.25) is 5.84 Å². The zero-order valence-corrected chi connectivity index (χ0v) is 21.4. The Hall–Kier alpha value is -3.21. The van der Waals surface area contributed by atoms with Crippen LogP contribution in [0, 0.1) is 6.92 Å². The molecule has 2 atom stereocenters. The first-order valence-electron chi connectivity index (χ1n) is 12.1. The van der Waals surface area contributed by atoms with Gasteiger partial charge in [0.05, 0.1) is 30.0 Å². The van der Waals surface area contributed by atoms with Crippen LogP contribution in [0.2, 0.25) is 0 Å². The maximum absolute atomic E-state index is 6.40. The number of pyridine rings is 1. The largest absolute Gasteiger partial charge is 0.492 e. The number of ether oxygens (including phenoxy) is 2. The van der Waals surface area contributed by atoms with Gasteiger partial charge >= 0.3 is 0 Å². The number of aromatic nitrogens is 2. The number of nitrogens with two attached hydrogens (primary N) is 2. The van der Waals surface area contributed by atoms with Gasteiger partial charge in [-0.1, -0.05) is 42.1 Å². The molecule has 0 saturated carbocycles. The van der Waals surface area contributed by atoms with Crippen LogP contribution in [0.5, 0.6) is 5.75 Å². The Bertz CT molecular complexity index is 1300. The fraction of sp³-hybridized carbons (Fsp3) is 0.385. The summed E-state index contributed by atoms with van der Waals surface area (Å²) < 4.78 is 13.4. The Morgan fingerprint density at radius 3 is 2.83 bits per heavy atom. The lowest BCUT2D eigenvalue weighted by atomic mass is 9.88. The number of amidine groups is 1. The summed E-state index contributed by atoms with van der Waals surface area (Å²) in [5, 5.41) is 11.0. The minimum Gasteiger partial charge on any atom is -0.492 e. The van der Waals surface area contributed by atoms with Crippen molar-refractivity contribution < 1.29 is 14.9 Å². The molecule has 9 nitrogen and oxygen atoms in total. The number of nitrogens with zero attached hydrogens (tertiary/aromatic N) is 5. The standard InChI is InChI=1S/C26H31N7O2S/c1-18-22(21-16-20(8-9-33(21)31-18)35-15-12-32-10-13-34-14-11-32)25-30-26(2,19-6-4-3-5-7-19)23(36-25)24(28)29-17-27/h3-9,16-17,23H,10-15H2,1-2H3,(H3,27,28,29)/p+1. The average Bonchev–Trinajstić information content (AvgIpc) is 3.41. The Morgan fingerprint density at radius 1 is 1.31 bits per heavy atom. The lowest BCUT2D eigenvalue weighted by Gasteiger charge is -2.26. The molecule has 0 aliphatic carbocycles. The highest BCUT2D eigenvalue weighted by Crippen LogP contribution is 2.45. The van der Waals surface area contributed by atoms with Crippen molar-refractivity contribution >= 4 is 34.5 Å². The lowest BCUT2D eigenvalue weighted by Crippen LogP contribution is -2.41. The fourth-order valence-electron chi connectivity index (χ4n) is 4.75. The van der Waals surface area contributed by atoms with Gasteiger partial charge in [0.15, 0.2) is 0 Å². The first-order chi connectivity index (χ1) is 17.5. The topological polar surface area (TPSA) is 115 Å². The molecule has 0 bridgehead atoms. The molecule has 4 heterocycles. The Morgan fingerprint density at radius 2 is 2.08 bits per heavy atom. The molecule has 5 rings (SSSR count). The monoisotopic (exact) mass is 506 g/mol. The Labute approximate surface area is 214 Å². The van der Waals surface area contributed by atoms with Crippen LogP contribution >= 0.6 is 11.8 Å². The van der Waals surface area contributed by atoms with Gasteiger partial charge in [-0.05, 0) is 30.5 Å². The number of hydrogen-bond acceptors (Lipinski definition) is 6. The summed E-state index contributed by atoms with van der Waals surface area (Å²) in [5.74, 6) is 1.25. The maximum Gasteiger partial charge on any atom is 0.279 e. The molecule has 0 spiro atoms. The van der Waals surface area contributed by atoms with Crippen LogP contribution in [0.25, 0.3) is 5.52 Å². The molecule has 1 fully saturated rings. The van der Waals surface area contributed by atoms with Crippen LogP contribution < -0.4 is 15.9 Å². The highest BCUT2D eigenvalue weighted by Gasteiger charge is 2.47. The smallest absolute Gasteiger partial charge is 0.279 e.